The van der Waals surface area contributed by atoms with Crippen LogP contribution in [-0.4, -0.2) is 63.6 Å². The monoisotopic (exact) mass is 513 g/mol. The second-order valence-corrected chi connectivity index (χ2v) is 12.0. The molecule has 1 N–H and O–H groups in total. The van der Waals surface area contributed by atoms with Crippen LogP contribution in [0.25, 0.3) is 0 Å². The van der Waals surface area contributed by atoms with Crippen LogP contribution in [0.2, 0.25) is 0 Å². The average molecular weight is 514 g/mol. The summed E-state index contributed by atoms with van der Waals surface area (Å²) in [6.45, 7) is -0.179. The third kappa shape index (κ3) is 5.62. The highest BCUT2D eigenvalue weighted by atomic mass is 32.2. The van der Waals surface area contributed by atoms with E-state index in [-0.39, 0.29) is 29.4 Å². The van der Waals surface area contributed by atoms with Crippen molar-refractivity contribution in [2.45, 2.75) is 22.3 Å². The molecule has 0 saturated carbocycles. The minimum atomic E-state index is -4.02. The van der Waals surface area contributed by atoms with Gasteiger partial charge >= 0.3 is 0 Å². The van der Waals surface area contributed by atoms with Crippen molar-refractivity contribution in [1.29, 1.82) is 0 Å². The summed E-state index contributed by atoms with van der Waals surface area (Å²) in [4.78, 5) is 13.4. The van der Waals surface area contributed by atoms with E-state index in [4.69, 9.17) is 0 Å². The summed E-state index contributed by atoms with van der Waals surface area (Å²) in [5.74, 6) is -0.534. The topological polar surface area (TPSA) is 104 Å². The summed E-state index contributed by atoms with van der Waals surface area (Å²) in [5, 5.41) is 2.80. The van der Waals surface area contributed by atoms with E-state index >= 15 is 0 Å². The Hall–Kier alpha value is -3.05. The first kappa shape index (κ1) is 25.1. The molecule has 0 bridgehead atoms. The molecule has 1 amide bonds. The Morgan fingerprint density at radius 3 is 1.83 bits per heavy atom. The predicted octanol–water partition coefficient (Wildman–Crippen LogP) is 2.11. The molecule has 4 rings (SSSR count). The van der Waals surface area contributed by atoms with E-state index < -0.39 is 32.0 Å². The molecule has 8 nitrogen and oxygen atoms in total. The predicted molar refractivity (Wildman–Crippen MR) is 132 cm³/mol. The van der Waals surface area contributed by atoms with E-state index in [1.165, 1.54) is 28.6 Å². The van der Waals surface area contributed by atoms with Gasteiger partial charge in [-0.3, -0.25) is 4.79 Å². The molecule has 3 aromatic rings. The van der Waals surface area contributed by atoms with Gasteiger partial charge < -0.3 is 5.32 Å². The van der Waals surface area contributed by atoms with Crippen LogP contribution in [-0.2, 0) is 31.3 Å². The molecule has 35 heavy (non-hydrogen) atoms. The number of nitrogens with one attached hydrogen (secondary N) is 1. The Morgan fingerprint density at radius 2 is 1.26 bits per heavy atom. The molecule has 3 aromatic carbocycles. The molecule has 0 radical (unpaired) electrons. The summed E-state index contributed by atoms with van der Waals surface area (Å²) in [6.07, 6.45) is 0.566. The number of sulfonamides is 2. The Bertz CT molecular complexity index is 1350. The first-order chi connectivity index (χ1) is 16.8. The minimum Gasteiger partial charge on any atom is -0.354 e. The maximum Gasteiger partial charge on any atom is 0.243 e. The largest absolute Gasteiger partial charge is 0.354 e. The van der Waals surface area contributed by atoms with Gasteiger partial charge in [-0.1, -0.05) is 66.7 Å². The highest BCUT2D eigenvalue weighted by molar-refractivity contribution is 7.89. The van der Waals surface area contributed by atoms with E-state index in [1.807, 2.05) is 30.3 Å². The lowest BCUT2D eigenvalue weighted by Crippen LogP contribution is -2.61. The summed E-state index contributed by atoms with van der Waals surface area (Å²) < 4.78 is 55.5. The highest BCUT2D eigenvalue weighted by Gasteiger charge is 2.43. The molecule has 1 saturated heterocycles. The second-order valence-electron chi connectivity index (χ2n) is 8.15. The SMILES string of the molecule is O=C(NCCc1ccccc1)C1CN(S(=O)(=O)c2ccccc2)CCN1S(=O)(=O)c1ccccc1. The summed E-state index contributed by atoms with van der Waals surface area (Å²) >= 11 is 0. The van der Waals surface area contributed by atoms with Crippen molar-refractivity contribution in [3.8, 4) is 0 Å². The fraction of sp³-hybridized carbons (Fsp3) is 0.240. The number of rotatable bonds is 8. The van der Waals surface area contributed by atoms with Crippen LogP contribution in [0.5, 0.6) is 0 Å². The Morgan fingerprint density at radius 1 is 0.743 bits per heavy atom. The molecule has 1 atom stereocenters. The van der Waals surface area contributed by atoms with Crippen LogP contribution in [0.1, 0.15) is 5.56 Å². The zero-order valence-corrected chi connectivity index (χ0v) is 20.7. The number of nitrogens with zero attached hydrogens (tertiary/aromatic N) is 2. The normalized spacial score (nSPS) is 17.7. The van der Waals surface area contributed by atoms with Crippen molar-refractivity contribution in [1.82, 2.24) is 13.9 Å². The molecule has 1 aliphatic rings. The molecule has 0 aromatic heterocycles. The number of hydrogen-bond acceptors (Lipinski definition) is 5. The van der Waals surface area contributed by atoms with Gasteiger partial charge in [-0.15, -0.1) is 0 Å². The molecule has 1 heterocycles. The molecule has 0 spiro atoms. The molecule has 10 heteroatoms. The van der Waals surface area contributed by atoms with Crippen LogP contribution in [0.15, 0.2) is 101 Å². The van der Waals surface area contributed by atoms with Crippen molar-refractivity contribution in [2.24, 2.45) is 0 Å². The summed E-state index contributed by atoms with van der Waals surface area (Å²) in [5.41, 5.74) is 1.03. The Kier molecular flexibility index (Phi) is 7.66. The first-order valence-electron chi connectivity index (χ1n) is 11.2. The smallest absolute Gasteiger partial charge is 0.243 e. The molecule has 1 unspecified atom stereocenters. The van der Waals surface area contributed by atoms with Crippen molar-refractivity contribution in [3.63, 3.8) is 0 Å². The van der Waals surface area contributed by atoms with Crippen molar-refractivity contribution >= 4 is 26.0 Å². The maximum atomic E-state index is 13.4. The van der Waals surface area contributed by atoms with Crippen LogP contribution in [0.4, 0.5) is 0 Å². The van der Waals surface area contributed by atoms with Gasteiger partial charge in [0.05, 0.1) is 9.79 Å². The van der Waals surface area contributed by atoms with Crippen molar-refractivity contribution in [3.05, 3.63) is 96.6 Å². The average Bonchev–Trinajstić information content (AvgIpc) is 2.90. The van der Waals surface area contributed by atoms with Gasteiger partial charge in [0.1, 0.15) is 6.04 Å². The number of benzene rings is 3. The first-order valence-corrected chi connectivity index (χ1v) is 14.1. The zero-order chi connectivity index (χ0) is 24.9. The van der Waals surface area contributed by atoms with Gasteiger partial charge in [0, 0.05) is 26.2 Å². The highest BCUT2D eigenvalue weighted by Crippen LogP contribution is 2.25. The number of carbonyl (C=O) groups is 1. The fourth-order valence-corrected chi connectivity index (χ4v) is 7.07. The van der Waals surface area contributed by atoms with Gasteiger partial charge in [0.25, 0.3) is 0 Å². The Labute approximate surface area is 206 Å². The lowest BCUT2D eigenvalue weighted by molar-refractivity contribution is -0.125. The number of carbonyl (C=O) groups excluding carboxylic acids is 1. The molecule has 1 fully saturated rings. The van der Waals surface area contributed by atoms with Crippen molar-refractivity contribution in [2.75, 3.05) is 26.2 Å². The lowest BCUT2D eigenvalue weighted by atomic mass is 10.1. The number of hydrogen-bond donors (Lipinski definition) is 1. The van der Waals surface area contributed by atoms with Crippen LogP contribution in [0.3, 0.4) is 0 Å². The standard InChI is InChI=1S/C25H27N3O5S2/c29-25(26-17-16-21-10-4-1-5-11-21)24-20-27(34(30,31)22-12-6-2-7-13-22)18-19-28(24)35(32,33)23-14-8-3-9-15-23/h1-15,24H,16-20H2,(H,26,29). The van der Waals surface area contributed by atoms with Gasteiger partial charge in [0.15, 0.2) is 0 Å². The van der Waals surface area contributed by atoms with Crippen LogP contribution >= 0.6 is 0 Å². The molecule has 184 valence electrons. The maximum absolute atomic E-state index is 13.4. The fourth-order valence-electron chi connectivity index (χ4n) is 4.02. The van der Waals surface area contributed by atoms with Gasteiger partial charge in [0.2, 0.25) is 26.0 Å². The van der Waals surface area contributed by atoms with Gasteiger partial charge in [-0.25, -0.2) is 16.8 Å². The molecular formula is C25H27N3O5S2. The Balaban J connectivity index is 1.58. The number of amides is 1. The van der Waals surface area contributed by atoms with E-state index in [2.05, 4.69) is 5.32 Å². The van der Waals surface area contributed by atoms with E-state index in [1.54, 1.807) is 36.4 Å². The summed E-state index contributed by atoms with van der Waals surface area (Å²) in [6, 6.07) is 24.2. The van der Waals surface area contributed by atoms with Crippen LogP contribution in [0, 0.1) is 0 Å². The number of piperazine rings is 1. The quantitative estimate of drug-likeness (QED) is 0.497. The van der Waals surface area contributed by atoms with E-state index in [0.29, 0.717) is 13.0 Å². The second kappa shape index (κ2) is 10.7. The molecule has 0 aliphatic carbocycles. The van der Waals surface area contributed by atoms with Gasteiger partial charge in [-0.2, -0.15) is 8.61 Å². The van der Waals surface area contributed by atoms with E-state index in [0.717, 1.165) is 9.87 Å². The van der Waals surface area contributed by atoms with Crippen LogP contribution < -0.4 is 5.32 Å². The summed E-state index contributed by atoms with van der Waals surface area (Å²) in [7, 11) is -7.91. The van der Waals surface area contributed by atoms with E-state index in [9.17, 15) is 21.6 Å². The van der Waals surface area contributed by atoms with Gasteiger partial charge in [-0.05, 0) is 36.2 Å². The zero-order valence-electron chi connectivity index (χ0n) is 19.0. The lowest BCUT2D eigenvalue weighted by Gasteiger charge is -2.39. The third-order valence-electron chi connectivity index (χ3n) is 5.88. The molecular weight excluding hydrogens is 486 g/mol. The third-order valence-corrected chi connectivity index (χ3v) is 9.68. The molecule has 1 aliphatic heterocycles. The minimum absolute atomic E-state index is 0.0569. The van der Waals surface area contributed by atoms with Crippen molar-refractivity contribution < 1.29 is 21.6 Å².